The fraction of sp³-hybridized carbons (Fsp3) is 0.0833. The van der Waals surface area contributed by atoms with Crippen LogP contribution in [0, 0.1) is 0 Å². The molecule has 1 aromatic heterocycles. The van der Waals surface area contributed by atoms with Gasteiger partial charge in [0.15, 0.2) is 5.82 Å². The number of hydrogen-bond donors (Lipinski definition) is 2. The lowest BCUT2D eigenvalue weighted by Gasteiger charge is -2.18. The lowest BCUT2D eigenvalue weighted by atomic mass is 10.2. The Balaban J connectivity index is 0.00000133. The van der Waals surface area contributed by atoms with Gasteiger partial charge in [0, 0.05) is 17.3 Å². The van der Waals surface area contributed by atoms with Gasteiger partial charge < -0.3 is 11.1 Å². The number of nitrogens with one attached hydrogen (secondary N) is 1. The van der Waals surface area contributed by atoms with E-state index in [2.05, 4.69) is 20.3 Å². The molecule has 0 saturated carbocycles. The van der Waals surface area contributed by atoms with E-state index >= 15 is 0 Å². The maximum Gasteiger partial charge on any atom is 0.163 e. The van der Waals surface area contributed by atoms with Gasteiger partial charge in [-0.1, -0.05) is 11.8 Å². The monoisotopic (exact) mass is 293 g/mol. The number of hydrogen-bond acceptors (Lipinski definition) is 5. The number of halogens is 1. The summed E-state index contributed by atoms with van der Waals surface area (Å²) in [5, 5.41) is 4.14. The molecule has 7 heteroatoms. The van der Waals surface area contributed by atoms with Gasteiger partial charge in [0.05, 0.1) is 17.2 Å². The van der Waals surface area contributed by atoms with Crippen LogP contribution in [0.3, 0.4) is 0 Å². The van der Waals surface area contributed by atoms with Crippen molar-refractivity contribution in [3.05, 3.63) is 30.6 Å². The fourth-order valence-electron chi connectivity index (χ4n) is 1.70. The average Bonchev–Trinajstić information content (AvgIpc) is 2.35. The predicted octanol–water partition coefficient (Wildman–Crippen LogP) is 3.12. The van der Waals surface area contributed by atoms with Crippen molar-refractivity contribution in [1.29, 1.82) is 0 Å². The quantitative estimate of drug-likeness (QED) is 0.532. The van der Waals surface area contributed by atoms with Crippen molar-refractivity contribution >= 4 is 47.2 Å². The van der Waals surface area contributed by atoms with Gasteiger partial charge in [0.1, 0.15) is 5.03 Å². The average molecular weight is 294 g/mol. The van der Waals surface area contributed by atoms with E-state index in [0.717, 1.165) is 27.1 Å². The summed E-state index contributed by atoms with van der Waals surface area (Å²) in [6, 6.07) is 5.90. The zero-order valence-electron chi connectivity index (χ0n) is 10.1. The van der Waals surface area contributed by atoms with E-state index in [1.807, 2.05) is 18.2 Å². The molecular weight excluding hydrogens is 282 g/mol. The molecule has 3 N–H and O–H groups in total. The van der Waals surface area contributed by atoms with E-state index in [1.54, 1.807) is 31.1 Å². The van der Waals surface area contributed by atoms with Crippen LogP contribution in [0.5, 0.6) is 0 Å². The highest BCUT2D eigenvalue weighted by Crippen LogP contribution is 2.42. The second-order valence-electron chi connectivity index (χ2n) is 3.87. The molecule has 0 radical (unpaired) electrons. The molecule has 0 saturated heterocycles. The first-order chi connectivity index (χ1) is 8.72. The van der Waals surface area contributed by atoms with Crippen molar-refractivity contribution in [2.75, 3.05) is 5.32 Å². The molecule has 1 aliphatic heterocycles. The van der Waals surface area contributed by atoms with Crippen molar-refractivity contribution in [1.82, 2.24) is 9.97 Å². The molecule has 3 rings (SSSR count). The third-order valence-corrected chi connectivity index (χ3v) is 3.46. The van der Waals surface area contributed by atoms with Crippen molar-refractivity contribution < 1.29 is 0 Å². The number of aliphatic imine (C=N–C) groups is 1. The topological polar surface area (TPSA) is 76.2 Å². The number of nitrogens with zero attached hydrogens (tertiary/aromatic N) is 3. The van der Waals surface area contributed by atoms with Crippen LogP contribution in [0.2, 0.25) is 0 Å². The summed E-state index contributed by atoms with van der Waals surface area (Å²) in [6.45, 7) is 1.77. The Hall–Kier alpha value is -1.79. The van der Waals surface area contributed by atoms with Gasteiger partial charge in [0.2, 0.25) is 0 Å². The Morgan fingerprint density at radius 3 is 2.89 bits per heavy atom. The van der Waals surface area contributed by atoms with Crippen LogP contribution >= 0.6 is 24.2 Å². The molecule has 0 atom stereocenters. The lowest BCUT2D eigenvalue weighted by Crippen LogP contribution is -2.05. The van der Waals surface area contributed by atoms with Gasteiger partial charge in [-0.05, 0) is 25.1 Å². The summed E-state index contributed by atoms with van der Waals surface area (Å²) in [7, 11) is 0. The maximum absolute atomic E-state index is 5.58. The summed E-state index contributed by atoms with van der Waals surface area (Å²) in [4.78, 5) is 13.9. The Morgan fingerprint density at radius 1 is 1.32 bits per heavy atom. The van der Waals surface area contributed by atoms with Crippen LogP contribution in [0.25, 0.3) is 0 Å². The molecular formula is C12H12ClN5S. The van der Waals surface area contributed by atoms with Crippen LogP contribution in [-0.2, 0) is 0 Å². The van der Waals surface area contributed by atoms with Crippen molar-refractivity contribution in [3.63, 3.8) is 0 Å². The summed E-state index contributed by atoms with van der Waals surface area (Å²) in [6.07, 6.45) is 3.36. The largest absolute Gasteiger partial charge is 0.387 e. The fourth-order valence-corrected chi connectivity index (χ4v) is 2.57. The van der Waals surface area contributed by atoms with Gasteiger partial charge in [0.25, 0.3) is 0 Å². The van der Waals surface area contributed by atoms with E-state index < -0.39 is 0 Å². The predicted molar refractivity (Wildman–Crippen MR) is 80.1 cm³/mol. The van der Waals surface area contributed by atoms with Crippen LogP contribution < -0.4 is 11.1 Å². The molecule has 2 heterocycles. The Labute approximate surface area is 121 Å². The molecule has 5 nitrogen and oxygen atoms in total. The smallest absolute Gasteiger partial charge is 0.163 e. The van der Waals surface area contributed by atoms with Crippen molar-refractivity contribution in [2.24, 2.45) is 10.7 Å². The maximum atomic E-state index is 5.58. The molecule has 2 aromatic rings. The third-order valence-electron chi connectivity index (χ3n) is 2.39. The Kier molecular flexibility index (Phi) is 3.92. The third kappa shape index (κ3) is 2.80. The lowest BCUT2D eigenvalue weighted by molar-refractivity contribution is 1.05. The molecule has 0 bridgehead atoms. The van der Waals surface area contributed by atoms with Crippen molar-refractivity contribution in [2.45, 2.75) is 16.8 Å². The standard InChI is InChI=1S/C12H11N5S.ClH/c1-7(13)16-8-2-3-10-9(6-8)17-11-12(18-10)15-5-4-14-11;/h2-6H,1H3,(H2,13,16)(H,14,17);1H. The summed E-state index contributed by atoms with van der Waals surface area (Å²) in [5.41, 5.74) is 7.39. The molecule has 0 fully saturated rings. The molecule has 19 heavy (non-hydrogen) atoms. The molecule has 0 spiro atoms. The van der Waals surface area contributed by atoms with Gasteiger partial charge in [-0.2, -0.15) is 0 Å². The zero-order chi connectivity index (χ0) is 12.5. The summed E-state index contributed by atoms with van der Waals surface area (Å²) < 4.78 is 0. The highest BCUT2D eigenvalue weighted by atomic mass is 35.5. The Morgan fingerprint density at radius 2 is 2.11 bits per heavy atom. The molecule has 1 aliphatic rings. The minimum atomic E-state index is 0. The van der Waals surface area contributed by atoms with E-state index in [0.29, 0.717) is 5.84 Å². The second-order valence-corrected chi connectivity index (χ2v) is 4.90. The zero-order valence-corrected chi connectivity index (χ0v) is 11.8. The van der Waals surface area contributed by atoms with Crippen LogP contribution in [0.4, 0.5) is 17.2 Å². The first kappa shape index (κ1) is 13.6. The molecule has 98 valence electrons. The Bertz CT molecular complexity index is 640. The first-order valence-corrected chi connectivity index (χ1v) is 6.25. The number of nitrogens with two attached hydrogens (primary N) is 1. The number of anilines is 2. The minimum Gasteiger partial charge on any atom is -0.387 e. The normalized spacial score (nSPS) is 12.8. The van der Waals surface area contributed by atoms with E-state index in [9.17, 15) is 0 Å². The van der Waals surface area contributed by atoms with E-state index in [4.69, 9.17) is 5.73 Å². The first-order valence-electron chi connectivity index (χ1n) is 5.43. The van der Waals surface area contributed by atoms with Gasteiger partial charge >= 0.3 is 0 Å². The molecule has 0 unspecified atom stereocenters. The summed E-state index contributed by atoms with van der Waals surface area (Å²) in [5.74, 6) is 1.32. The van der Waals surface area contributed by atoms with Crippen LogP contribution in [0.15, 0.2) is 45.5 Å². The van der Waals surface area contributed by atoms with E-state index in [1.165, 1.54) is 0 Å². The van der Waals surface area contributed by atoms with Crippen LogP contribution in [-0.4, -0.2) is 15.8 Å². The SMILES string of the molecule is CC(N)=Nc1ccc2c(c1)Nc1nccnc1S2.Cl. The van der Waals surface area contributed by atoms with Gasteiger partial charge in [-0.15, -0.1) is 12.4 Å². The van der Waals surface area contributed by atoms with E-state index in [-0.39, 0.29) is 12.4 Å². The van der Waals surface area contributed by atoms with Gasteiger partial charge in [-0.3, -0.25) is 0 Å². The number of rotatable bonds is 1. The highest BCUT2D eigenvalue weighted by molar-refractivity contribution is 7.99. The summed E-state index contributed by atoms with van der Waals surface area (Å²) >= 11 is 1.59. The molecule has 0 aliphatic carbocycles. The highest BCUT2D eigenvalue weighted by Gasteiger charge is 2.17. The van der Waals surface area contributed by atoms with Crippen LogP contribution in [0.1, 0.15) is 6.92 Å². The molecule has 1 aromatic carbocycles. The number of fused-ring (bicyclic) bond motifs is 2. The van der Waals surface area contributed by atoms with Crippen molar-refractivity contribution in [3.8, 4) is 0 Å². The number of benzene rings is 1. The number of aromatic nitrogens is 2. The minimum absolute atomic E-state index is 0. The second kappa shape index (κ2) is 5.46. The van der Waals surface area contributed by atoms with Gasteiger partial charge in [-0.25, -0.2) is 15.0 Å². The number of amidine groups is 1. The molecule has 0 amide bonds.